The molecule has 0 bridgehead atoms. The highest BCUT2D eigenvalue weighted by Crippen LogP contribution is 2.46. The van der Waals surface area contributed by atoms with Crippen molar-refractivity contribution >= 4 is 43.6 Å². The van der Waals surface area contributed by atoms with Gasteiger partial charge in [0.1, 0.15) is 11.2 Å². The number of aromatic nitrogens is 4. The van der Waals surface area contributed by atoms with Crippen LogP contribution in [0.3, 0.4) is 0 Å². The number of benzene rings is 9. The normalized spacial score (nSPS) is 11.5. The van der Waals surface area contributed by atoms with Crippen LogP contribution in [0.1, 0.15) is 0 Å². The van der Waals surface area contributed by atoms with Gasteiger partial charge in [-0.3, -0.25) is 0 Å². The zero-order valence-corrected chi connectivity index (χ0v) is 34.0. The third-order valence-corrected chi connectivity index (χ3v) is 11.9. The van der Waals surface area contributed by atoms with Crippen LogP contribution in [0.2, 0.25) is 0 Å². The molecule has 0 aliphatic carbocycles. The molecule has 0 unspecified atom stereocenters. The lowest BCUT2D eigenvalue weighted by atomic mass is 9.89. The Labute approximate surface area is 363 Å². The number of fused-ring (bicyclic) bond motifs is 6. The van der Waals surface area contributed by atoms with Crippen LogP contribution in [0.5, 0.6) is 0 Å². The fraction of sp³-hybridized carbons (Fsp3) is 0. The number of furan rings is 1. The summed E-state index contributed by atoms with van der Waals surface area (Å²) < 4.78 is 6.65. The maximum Gasteiger partial charge on any atom is 0.164 e. The molecule has 0 spiro atoms. The zero-order chi connectivity index (χ0) is 41.7. The first-order valence-corrected chi connectivity index (χ1v) is 21.1. The van der Waals surface area contributed by atoms with E-state index < -0.39 is 0 Å². The molecule has 0 aliphatic heterocycles. The van der Waals surface area contributed by atoms with Crippen LogP contribution >= 0.6 is 0 Å². The average molecular weight is 805 g/mol. The fourth-order valence-electron chi connectivity index (χ4n) is 8.94. The third-order valence-electron chi connectivity index (χ3n) is 11.9. The Kier molecular flexibility index (Phi) is 8.75. The topological polar surface area (TPSA) is 64.7 Å². The number of rotatable bonds is 7. The number of hydrogen-bond donors (Lipinski definition) is 0. The molecule has 12 rings (SSSR count). The summed E-state index contributed by atoms with van der Waals surface area (Å²) >= 11 is 0. The van der Waals surface area contributed by atoms with Gasteiger partial charge in [-0.25, -0.2) is 19.9 Å². The largest absolute Gasteiger partial charge is 0.456 e. The van der Waals surface area contributed by atoms with Crippen molar-refractivity contribution in [2.45, 2.75) is 0 Å². The lowest BCUT2D eigenvalue weighted by Gasteiger charge is -2.16. The van der Waals surface area contributed by atoms with Crippen molar-refractivity contribution in [3.05, 3.63) is 218 Å². The van der Waals surface area contributed by atoms with E-state index in [0.29, 0.717) is 17.5 Å². The first-order valence-electron chi connectivity index (χ1n) is 21.1. The highest BCUT2D eigenvalue weighted by Gasteiger charge is 2.22. The third kappa shape index (κ3) is 6.51. The Morgan fingerprint density at radius 1 is 0.270 bits per heavy atom. The predicted molar refractivity (Wildman–Crippen MR) is 258 cm³/mol. The van der Waals surface area contributed by atoms with E-state index in [2.05, 4.69) is 164 Å². The van der Waals surface area contributed by atoms with Gasteiger partial charge in [0.15, 0.2) is 17.5 Å². The van der Waals surface area contributed by atoms with Crippen LogP contribution in [-0.4, -0.2) is 19.9 Å². The van der Waals surface area contributed by atoms with E-state index in [9.17, 15) is 0 Å². The monoisotopic (exact) mass is 804 g/mol. The standard InChI is InChI=1S/C58H36N4O/c1-5-18-37(19-6-1)43-33-44(38-20-7-2-8-21-38)35-45(34-43)58-61-56(40-24-11-4-12-25-40)60-57(62-58)42-27-17-26-41(32-42)55-48-36-51-54(47-29-14-16-31-50(47)63-51)52(39-22-9-3-10-23-39)53(48)46-28-13-15-30-49(46)59-55/h1-36H. The molecule has 5 heteroatoms. The van der Waals surface area contributed by atoms with Crippen molar-refractivity contribution in [3.8, 4) is 78.8 Å². The number of nitrogens with zero attached hydrogens (tertiary/aromatic N) is 4. The summed E-state index contributed by atoms with van der Waals surface area (Å²) in [5.41, 5.74) is 13.7. The smallest absolute Gasteiger partial charge is 0.164 e. The van der Waals surface area contributed by atoms with Crippen molar-refractivity contribution in [1.82, 2.24) is 19.9 Å². The number of para-hydroxylation sites is 2. The minimum Gasteiger partial charge on any atom is -0.456 e. The van der Waals surface area contributed by atoms with E-state index in [1.54, 1.807) is 0 Å². The van der Waals surface area contributed by atoms with E-state index in [-0.39, 0.29) is 0 Å². The summed E-state index contributed by atoms with van der Waals surface area (Å²) in [5, 5.41) is 5.40. The molecule has 294 valence electrons. The maximum absolute atomic E-state index is 6.65. The fourth-order valence-corrected chi connectivity index (χ4v) is 8.94. The highest BCUT2D eigenvalue weighted by atomic mass is 16.3. The van der Waals surface area contributed by atoms with Gasteiger partial charge in [0.25, 0.3) is 0 Å². The van der Waals surface area contributed by atoms with Gasteiger partial charge in [-0.2, -0.15) is 0 Å². The SMILES string of the molecule is c1ccc(-c2cc(-c3ccccc3)cc(-c3nc(-c4ccccc4)nc(-c4cccc(-c5nc6ccccc6c6c(-c7ccccc7)c7c(cc56)oc5ccccc57)c4)n3)c2)cc1. The molecular weight excluding hydrogens is 769 g/mol. The summed E-state index contributed by atoms with van der Waals surface area (Å²) in [5.74, 6) is 1.76. The van der Waals surface area contributed by atoms with Crippen molar-refractivity contribution in [3.63, 3.8) is 0 Å². The number of hydrogen-bond acceptors (Lipinski definition) is 5. The summed E-state index contributed by atoms with van der Waals surface area (Å²) in [6.07, 6.45) is 0. The minimum absolute atomic E-state index is 0.571. The summed E-state index contributed by atoms with van der Waals surface area (Å²) in [7, 11) is 0. The second-order valence-corrected chi connectivity index (χ2v) is 15.8. The van der Waals surface area contributed by atoms with Crippen LogP contribution in [0, 0.1) is 0 Å². The van der Waals surface area contributed by atoms with E-state index in [4.69, 9.17) is 24.4 Å². The summed E-state index contributed by atoms with van der Waals surface area (Å²) in [6, 6.07) is 75.6. The molecule has 0 aliphatic rings. The molecule has 0 radical (unpaired) electrons. The molecule has 12 aromatic rings. The van der Waals surface area contributed by atoms with Crippen LogP contribution in [0.15, 0.2) is 223 Å². The van der Waals surface area contributed by atoms with Crippen molar-refractivity contribution in [2.24, 2.45) is 0 Å². The summed E-state index contributed by atoms with van der Waals surface area (Å²) in [4.78, 5) is 21.0. The van der Waals surface area contributed by atoms with Gasteiger partial charge < -0.3 is 4.42 Å². The average Bonchev–Trinajstić information content (AvgIpc) is 3.74. The van der Waals surface area contributed by atoms with Gasteiger partial charge in [0.2, 0.25) is 0 Å². The molecule has 0 saturated heterocycles. The van der Waals surface area contributed by atoms with E-state index in [0.717, 1.165) is 105 Å². The van der Waals surface area contributed by atoms with Crippen LogP contribution in [-0.2, 0) is 0 Å². The molecule has 0 saturated carbocycles. The van der Waals surface area contributed by atoms with Crippen LogP contribution < -0.4 is 0 Å². The van der Waals surface area contributed by atoms with Gasteiger partial charge >= 0.3 is 0 Å². The molecular formula is C58H36N4O. The first kappa shape index (κ1) is 36.3. The second-order valence-electron chi connectivity index (χ2n) is 15.8. The van der Waals surface area contributed by atoms with Gasteiger partial charge in [-0.05, 0) is 70.3 Å². The van der Waals surface area contributed by atoms with Gasteiger partial charge in [-0.15, -0.1) is 0 Å². The molecule has 5 nitrogen and oxygen atoms in total. The van der Waals surface area contributed by atoms with Crippen LogP contribution in [0.4, 0.5) is 0 Å². The second kappa shape index (κ2) is 15.2. The Morgan fingerprint density at radius 3 is 1.41 bits per heavy atom. The Morgan fingerprint density at radius 2 is 0.746 bits per heavy atom. The Balaban J connectivity index is 1.09. The molecule has 9 aromatic carbocycles. The molecule has 0 amide bonds. The Bertz CT molecular complexity index is 3600. The molecule has 0 N–H and O–H groups in total. The van der Waals surface area contributed by atoms with E-state index >= 15 is 0 Å². The predicted octanol–water partition coefficient (Wildman–Crippen LogP) is 15.1. The van der Waals surface area contributed by atoms with E-state index in [1.165, 1.54) is 0 Å². The molecule has 0 fully saturated rings. The van der Waals surface area contributed by atoms with E-state index in [1.807, 2.05) is 54.6 Å². The molecule has 63 heavy (non-hydrogen) atoms. The van der Waals surface area contributed by atoms with Crippen molar-refractivity contribution in [1.29, 1.82) is 0 Å². The Hall–Kier alpha value is -8.54. The zero-order valence-electron chi connectivity index (χ0n) is 34.0. The van der Waals surface area contributed by atoms with Gasteiger partial charge in [0.05, 0.1) is 11.2 Å². The molecule has 3 heterocycles. The first-order chi connectivity index (χ1) is 31.2. The quantitative estimate of drug-likeness (QED) is 0.150. The minimum atomic E-state index is 0.571. The summed E-state index contributed by atoms with van der Waals surface area (Å²) in [6.45, 7) is 0. The van der Waals surface area contributed by atoms with Crippen molar-refractivity contribution < 1.29 is 4.42 Å². The lowest BCUT2D eigenvalue weighted by Crippen LogP contribution is -2.01. The lowest BCUT2D eigenvalue weighted by molar-refractivity contribution is 0.669. The molecule has 3 aromatic heterocycles. The van der Waals surface area contributed by atoms with Gasteiger partial charge in [0, 0.05) is 54.7 Å². The maximum atomic E-state index is 6.65. The van der Waals surface area contributed by atoms with Gasteiger partial charge in [-0.1, -0.05) is 176 Å². The molecule has 0 atom stereocenters. The van der Waals surface area contributed by atoms with Crippen molar-refractivity contribution in [2.75, 3.05) is 0 Å². The highest BCUT2D eigenvalue weighted by molar-refractivity contribution is 6.27. The number of pyridine rings is 1. The van der Waals surface area contributed by atoms with Crippen LogP contribution in [0.25, 0.3) is 122 Å².